The minimum atomic E-state index is -3.79. The average Bonchev–Trinajstić information content (AvgIpc) is 2.36. The summed E-state index contributed by atoms with van der Waals surface area (Å²) in [6.45, 7) is 0. The average molecular weight is 396 g/mol. The van der Waals surface area contributed by atoms with Crippen LogP contribution in [0, 0.1) is 0 Å². The molecule has 8 heteroatoms. The molecule has 2 aromatic carbocycles. The number of nitrogens with one attached hydrogen (secondary N) is 1. The molecule has 0 aromatic heterocycles. The van der Waals surface area contributed by atoms with Crippen LogP contribution in [0.4, 0.5) is 11.4 Å². The molecule has 0 fully saturated rings. The lowest BCUT2D eigenvalue weighted by molar-refractivity contribution is 0.601. The molecule has 3 N–H and O–H groups in total. The predicted octanol–water partition coefficient (Wildman–Crippen LogP) is 4.14. The number of rotatable bonds is 3. The number of anilines is 2. The van der Waals surface area contributed by atoms with Crippen LogP contribution in [0.3, 0.4) is 0 Å². The Labute approximate surface area is 135 Å². The lowest BCUT2D eigenvalue weighted by atomic mass is 10.3. The molecule has 4 nitrogen and oxygen atoms in total. The van der Waals surface area contributed by atoms with Crippen molar-refractivity contribution in [2.75, 3.05) is 10.5 Å². The summed E-state index contributed by atoms with van der Waals surface area (Å²) in [5.41, 5.74) is 6.21. The number of halogens is 3. The fourth-order valence-corrected chi connectivity index (χ4v) is 3.21. The van der Waals surface area contributed by atoms with Crippen molar-refractivity contribution < 1.29 is 8.42 Å². The number of sulfonamides is 1. The minimum Gasteiger partial charge on any atom is -0.398 e. The molecule has 0 saturated heterocycles. The Balaban J connectivity index is 2.40. The zero-order valence-electron chi connectivity index (χ0n) is 9.90. The van der Waals surface area contributed by atoms with E-state index >= 15 is 0 Å². The van der Waals surface area contributed by atoms with Crippen LogP contribution in [0.5, 0.6) is 0 Å². The Kier molecular flexibility index (Phi) is 4.49. The molecule has 0 bridgehead atoms. The lowest BCUT2D eigenvalue weighted by Gasteiger charge is -2.11. The fraction of sp³-hybridized carbons (Fsp3) is 0. The maximum atomic E-state index is 12.2. The Bertz CT molecular complexity index is 766. The summed E-state index contributed by atoms with van der Waals surface area (Å²) in [7, 11) is -3.79. The predicted molar refractivity (Wildman–Crippen MR) is 85.8 cm³/mol. The van der Waals surface area contributed by atoms with Gasteiger partial charge in [0.05, 0.1) is 15.6 Å². The van der Waals surface area contributed by atoms with Gasteiger partial charge in [0.1, 0.15) is 0 Å². The summed E-state index contributed by atoms with van der Waals surface area (Å²) < 4.78 is 27.5. The molecule has 0 saturated carbocycles. The molecular formula is C12H9BrCl2N2O2S. The van der Waals surface area contributed by atoms with Crippen molar-refractivity contribution >= 4 is 60.5 Å². The van der Waals surface area contributed by atoms with Gasteiger partial charge in [-0.3, -0.25) is 4.72 Å². The van der Waals surface area contributed by atoms with Crippen LogP contribution < -0.4 is 10.5 Å². The number of benzene rings is 2. The highest BCUT2D eigenvalue weighted by molar-refractivity contribution is 9.10. The van der Waals surface area contributed by atoms with E-state index in [9.17, 15) is 8.42 Å². The van der Waals surface area contributed by atoms with Gasteiger partial charge in [0.2, 0.25) is 0 Å². The van der Waals surface area contributed by atoms with E-state index < -0.39 is 10.0 Å². The standard InChI is InChI=1S/C12H9BrCl2N2O2S/c13-9-3-2-8(6-11(9)16)20(18,19)17-12-5-7(14)1-4-10(12)15/h1-6,17H,16H2. The summed E-state index contributed by atoms with van der Waals surface area (Å²) in [4.78, 5) is 0.0363. The SMILES string of the molecule is Nc1cc(S(=O)(=O)Nc2cc(Cl)ccc2Cl)ccc1Br. The fourth-order valence-electron chi connectivity index (χ4n) is 1.47. The maximum absolute atomic E-state index is 12.2. The van der Waals surface area contributed by atoms with E-state index in [4.69, 9.17) is 28.9 Å². The third-order valence-corrected chi connectivity index (χ3v) is 5.10. The van der Waals surface area contributed by atoms with E-state index in [2.05, 4.69) is 20.7 Å². The molecule has 0 heterocycles. The van der Waals surface area contributed by atoms with Gasteiger partial charge < -0.3 is 5.73 Å². The molecular weight excluding hydrogens is 387 g/mol. The van der Waals surface area contributed by atoms with E-state index in [1.54, 1.807) is 12.1 Å². The Hall–Kier alpha value is -0.950. The number of hydrogen-bond donors (Lipinski definition) is 2. The van der Waals surface area contributed by atoms with E-state index in [1.165, 1.54) is 24.3 Å². The van der Waals surface area contributed by atoms with Crippen LogP contribution in [0.1, 0.15) is 0 Å². The summed E-state index contributed by atoms with van der Waals surface area (Å²) in [5.74, 6) is 0. The molecule has 0 atom stereocenters. The zero-order valence-corrected chi connectivity index (χ0v) is 13.8. The molecule has 0 aliphatic rings. The van der Waals surface area contributed by atoms with Crippen molar-refractivity contribution in [1.82, 2.24) is 0 Å². The lowest BCUT2D eigenvalue weighted by Crippen LogP contribution is -2.13. The highest BCUT2D eigenvalue weighted by Crippen LogP contribution is 2.29. The van der Waals surface area contributed by atoms with Gasteiger partial charge in [0, 0.05) is 15.2 Å². The van der Waals surface area contributed by atoms with Crippen LogP contribution in [-0.2, 0) is 10.0 Å². The van der Waals surface area contributed by atoms with Crippen molar-refractivity contribution in [2.24, 2.45) is 0 Å². The molecule has 0 spiro atoms. The molecule has 0 aliphatic carbocycles. The number of hydrogen-bond acceptors (Lipinski definition) is 3. The molecule has 2 rings (SSSR count). The van der Waals surface area contributed by atoms with Crippen molar-refractivity contribution in [3.8, 4) is 0 Å². The molecule has 0 aliphatic heterocycles. The summed E-state index contributed by atoms with van der Waals surface area (Å²) in [5, 5.41) is 0.630. The molecule has 0 amide bonds. The Morgan fingerprint density at radius 2 is 1.80 bits per heavy atom. The third kappa shape index (κ3) is 3.38. The Morgan fingerprint density at radius 3 is 2.45 bits per heavy atom. The largest absolute Gasteiger partial charge is 0.398 e. The van der Waals surface area contributed by atoms with Crippen LogP contribution in [0.15, 0.2) is 45.8 Å². The summed E-state index contributed by atoms with van der Waals surface area (Å²) >= 11 is 15.0. The van der Waals surface area contributed by atoms with E-state index in [0.29, 0.717) is 15.2 Å². The Morgan fingerprint density at radius 1 is 1.10 bits per heavy atom. The first kappa shape index (κ1) is 15.4. The topological polar surface area (TPSA) is 72.2 Å². The maximum Gasteiger partial charge on any atom is 0.262 e. The van der Waals surface area contributed by atoms with Crippen molar-refractivity contribution in [1.29, 1.82) is 0 Å². The van der Waals surface area contributed by atoms with E-state index in [-0.39, 0.29) is 15.6 Å². The quantitative estimate of drug-likeness (QED) is 0.767. The number of nitrogen functional groups attached to an aromatic ring is 1. The number of nitrogens with two attached hydrogens (primary N) is 1. The van der Waals surface area contributed by atoms with Gasteiger partial charge in [-0.2, -0.15) is 0 Å². The molecule has 0 unspecified atom stereocenters. The molecule has 20 heavy (non-hydrogen) atoms. The first-order valence-corrected chi connectivity index (χ1v) is 8.36. The minimum absolute atomic E-state index is 0.0363. The second-order valence-electron chi connectivity index (χ2n) is 3.91. The van der Waals surface area contributed by atoms with Gasteiger partial charge >= 0.3 is 0 Å². The van der Waals surface area contributed by atoms with Gasteiger partial charge in [-0.1, -0.05) is 23.2 Å². The second kappa shape index (κ2) is 5.81. The monoisotopic (exact) mass is 394 g/mol. The van der Waals surface area contributed by atoms with E-state index in [0.717, 1.165) is 0 Å². The van der Waals surface area contributed by atoms with Crippen LogP contribution in [-0.4, -0.2) is 8.42 Å². The van der Waals surface area contributed by atoms with Gasteiger partial charge in [-0.25, -0.2) is 8.42 Å². The van der Waals surface area contributed by atoms with Gasteiger partial charge in [0.25, 0.3) is 10.0 Å². The zero-order chi connectivity index (χ0) is 14.9. The first-order chi connectivity index (χ1) is 9.29. The third-order valence-electron chi connectivity index (χ3n) is 2.45. The van der Waals surface area contributed by atoms with Crippen molar-refractivity contribution in [3.63, 3.8) is 0 Å². The normalized spacial score (nSPS) is 11.3. The van der Waals surface area contributed by atoms with Crippen molar-refractivity contribution in [2.45, 2.75) is 4.90 Å². The smallest absolute Gasteiger partial charge is 0.262 e. The molecule has 2 aromatic rings. The van der Waals surface area contributed by atoms with Gasteiger partial charge in [-0.15, -0.1) is 0 Å². The summed E-state index contributed by atoms with van der Waals surface area (Å²) in [6.07, 6.45) is 0. The van der Waals surface area contributed by atoms with E-state index in [1.807, 2.05) is 0 Å². The highest BCUT2D eigenvalue weighted by atomic mass is 79.9. The van der Waals surface area contributed by atoms with Crippen LogP contribution in [0.2, 0.25) is 10.0 Å². The summed E-state index contributed by atoms with van der Waals surface area (Å²) in [6, 6.07) is 8.86. The molecule has 106 valence electrons. The molecule has 0 radical (unpaired) electrons. The highest BCUT2D eigenvalue weighted by Gasteiger charge is 2.17. The van der Waals surface area contributed by atoms with Gasteiger partial charge in [0.15, 0.2) is 0 Å². The van der Waals surface area contributed by atoms with Crippen LogP contribution >= 0.6 is 39.1 Å². The first-order valence-electron chi connectivity index (χ1n) is 5.32. The van der Waals surface area contributed by atoms with Crippen LogP contribution in [0.25, 0.3) is 0 Å². The second-order valence-corrected chi connectivity index (χ2v) is 7.29. The van der Waals surface area contributed by atoms with Crippen molar-refractivity contribution in [3.05, 3.63) is 50.9 Å². The van der Waals surface area contributed by atoms with Gasteiger partial charge in [-0.05, 0) is 52.3 Å².